The van der Waals surface area contributed by atoms with Gasteiger partial charge in [-0.2, -0.15) is 4.98 Å². The molecule has 1 amide bonds. The first kappa shape index (κ1) is 21.5. The number of nitrogens with two attached hydrogens (primary N) is 1. The topological polar surface area (TPSA) is 138 Å². The number of aromatic amines is 2. The van der Waals surface area contributed by atoms with Crippen molar-refractivity contribution in [1.29, 1.82) is 0 Å². The Morgan fingerprint density at radius 2 is 2.07 bits per heavy atom. The summed E-state index contributed by atoms with van der Waals surface area (Å²) in [6, 6.07) is 0. The molecule has 0 aliphatic heterocycles. The number of aromatic nitrogens is 3. The van der Waals surface area contributed by atoms with Crippen LogP contribution in [-0.2, 0) is 16.1 Å². The lowest BCUT2D eigenvalue weighted by molar-refractivity contribution is -0.122. The van der Waals surface area contributed by atoms with E-state index in [0.717, 1.165) is 37.8 Å². The molecule has 9 nitrogen and oxygen atoms in total. The first-order valence-corrected chi connectivity index (χ1v) is 9.46. The molecule has 152 valence electrons. The Balaban J connectivity index is 1.51. The molecule has 0 unspecified atom stereocenters. The molecule has 0 saturated heterocycles. The van der Waals surface area contributed by atoms with E-state index >= 15 is 0 Å². The number of hydrogen-bond acceptors (Lipinski definition) is 6. The van der Waals surface area contributed by atoms with Crippen molar-refractivity contribution in [2.75, 3.05) is 32.0 Å². The average molecular weight is 388 g/mol. The van der Waals surface area contributed by atoms with Gasteiger partial charge in [-0.1, -0.05) is 18.8 Å². The molecule has 0 radical (unpaired) electrons. The van der Waals surface area contributed by atoms with Crippen molar-refractivity contribution in [1.82, 2.24) is 25.6 Å². The number of fused-ring (bicyclic) bond motifs is 1. The fourth-order valence-electron chi connectivity index (χ4n) is 2.82. The molecule has 0 aliphatic carbocycles. The molecule has 0 aliphatic rings. The van der Waals surface area contributed by atoms with Gasteiger partial charge in [0.1, 0.15) is 12.3 Å². The normalized spacial score (nSPS) is 10.8. The predicted octanol–water partition coefficient (Wildman–Crippen LogP) is 0.640. The van der Waals surface area contributed by atoms with Crippen molar-refractivity contribution in [2.24, 2.45) is 0 Å². The van der Waals surface area contributed by atoms with Gasteiger partial charge in [0.15, 0.2) is 0 Å². The minimum absolute atomic E-state index is 0.0105. The van der Waals surface area contributed by atoms with E-state index < -0.39 is 0 Å². The number of carbonyl (C=O) groups excluding carboxylic acids is 1. The number of nitrogens with one attached hydrogen (secondary N) is 4. The summed E-state index contributed by atoms with van der Waals surface area (Å²) in [5.74, 6) is 2.45. The summed E-state index contributed by atoms with van der Waals surface area (Å²) in [6.45, 7) is 2.71. The Bertz CT molecular complexity index is 851. The van der Waals surface area contributed by atoms with E-state index in [4.69, 9.17) is 16.9 Å². The van der Waals surface area contributed by atoms with Crippen LogP contribution in [0, 0.1) is 12.3 Å². The van der Waals surface area contributed by atoms with Crippen LogP contribution in [0.25, 0.3) is 11.0 Å². The second-order valence-corrected chi connectivity index (χ2v) is 6.44. The molecule has 28 heavy (non-hydrogen) atoms. The zero-order valence-electron chi connectivity index (χ0n) is 16.0. The van der Waals surface area contributed by atoms with Gasteiger partial charge in [-0.15, -0.1) is 6.42 Å². The van der Waals surface area contributed by atoms with Crippen LogP contribution in [0.2, 0.25) is 0 Å². The maximum atomic E-state index is 12.0. The first-order valence-electron chi connectivity index (χ1n) is 9.46. The second kappa shape index (κ2) is 11.8. The van der Waals surface area contributed by atoms with Crippen LogP contribution in [0.4, 0.5) is 5.95 Å². The van der Waals surface area contributed by atoms with E-state index in [-0.39, 0.29) is 24.0 Å². The van der Waals surface area contributed by atoms with E-state index in [1.54, 1.807) is 6.20 Å². The fourth-order valence-corrected chi connectivity index (χ4v) is 2.82. The zero-order chi connectivity index (χ0) is 20.2. The lowest BCUT2D eigenvalue weighted by atomic mass is 10.2. The van der Waals surface area contributed by atoms with Gasteiger partial charge < -0.3 is 26.1 Å². The monoisotopic (exact) mass is 388 g/mol. The van der Waals surface area contributed by atoms with E-state index in [9.17, 15) is 9.59 Å². The average Bonchev–Trinajstić information content (AvgIpc) is 3.07. The number of H-pyrrole nitrogens is 2. The Morgan fingerprint density at radius 3 is 2.86 bits per heavy atom. The molecule has 0 fully saturated rings. The van der Waals surface area contributed by atoms with Crippen molar-refractivity contribution >= 4 is 22.9 Å². The highest BCUT2D eigenvalue weighted by molar-refractivity contribution is 5.79. The summed E-state index contributed by atoms with van der Waals surface area (Å²) in [7, 11) is 0. The van der Waals surface area contributed by atoms with Crippen molar-refractivity contribution in [2.45, 2.75) is 38.6 Å². The standard InChI is InChI=1S/C19H28N6O3/c1-2-10-28-11-7-15(26)22-9-6-4-3-5-8-21-12-14-13-23-17-16(14)18(27)25-19(20)24-17/h1,13,21H,3-12H2,(H,22,26)(H4,20,23,24,25,27). The van der Waals surface area contributed by atoms with Gasteiger partial charge >= 0.3 is 0 Å². The maximum absolute atomic E-state index is 12.0. The van der Waals surface area contributed by atoms with Gasteiger partial charge in [-0.3, -0.25) is 14.6 Å². The summed E-state index contributed by atoms with van der Waals surface area (Å²) in [5, 5.41) is 6.75. The summed E-state index contributed by atoms with van der Waals surface area (Å²) in [6.07, 6.45) is 11.3. The Hall–Kier alpha value is -2.83. The Labute approximate surface area is 163 Å². The van der Waals surface area contributed by atoms with Gasteiger partial charge in [-0.05, 0) is 24.9 Å². The minimum Gasteiger partial charge on any atom is -0.369 e. The van der Waals surface area contributed by atoms with Crippen molar-refractivity contribution in [3.8, 4) is 12.3 Å². The molecule has 9 heteroatoms. The molecule has 0 bridgehead atoms. The molecule has 2 heterocycles. The van der Waals surface area contributed by atoms with Gasteiger partial charge in [0.2, 0.25) is 11.9 Å². The molecule has 2 aromatic rings. The number of anilines is 1. The number of hydrogen-bond donors (Lipinski definition) is 5. The number of unbranched alkanes of at least 4 members (excludes halogenated alkanes) is 3. The number of amides is 1. The van der Waals surface area contributed by atoms with Crippen LogP contribution >= 0.6 is 0 Å². The summed E-state index contributed by atoms with van der Waals surface area (Å²) in [5.41, 5.74) is 6.68. The SMILES string of the molecule is C#CCOCCC(=O)NCCCCCCNCc1c[nH]c2nc(N)[nH]c(=O)c12. The van der Waals surface area contributed by atoms with Crippen LogP contribution in [0.15, 0.2) is 11.0 Å². The molecule has 0 spiro atoms. The zero-order valence-corrected chi connectivity index (χ0v) is 16.0. The van der Waals surface area contributed by atoms with E-state index in [2.05, 4.69) is 31.5 Å². The van der Waals surface area contributed by atoms with E-state index in [1.165, 1.54) is 0 Å². The molecule has 0 aromatic carbocycles. The highest BCUT2D eigenvalue weighted by Gasteiger charge is 2.09. The summed E-state index contributed by atoms with van der Waals surface area (Å²) < 4.78 is 5.06. The van der Waals surface area contributed by atoms with Crippen molar-refractivity contribution in [3.05, 3.63) is 22.1 Å². The van der Waals surface area contributed by atoms with Gasteiger partial charge in [-0.25, -0.2) is 0 Å². The van der Waals surface area contributed by atoms with Gasteiger partial charge in [0.05, 0.1) is 18.4 Å². The third-order valence-electron chi connectivity index (χ3n) is 4.22. The lowest BCUT2D eigenvalue weighted by Crippen LogP contribution is -2.25. The van der Waals surface area contributed by atoms with Crippen LogP contribution < -0.4 is 21.9 Å². The molecule has 0 saturated carbocycles. The van der Waals surface area contributed by atoms with Crippen LogP contribution in [0.3, 0.4) is 0 Å². The number of nitrogens with zero attached hydrogens (tertiary/aromatic N) is 1. The highest BCUT2D eigenvalue weighted by Crippen LogP contribution is 2.12. The first-order chi connectivity index (χ1) is 13.6. The number of terminal acetylenes is 1. The number of rotatable bonds is 13. The number of nitrogen functional groups attached to an aromatic ring is 1. The summed E-state index contributed by atoms with van der Waals surface area (Å²) >= 11 is 0. The Kier molecular flexibility index (Phi) is 9.04. The quantitative estimate of drug-likeness (QED) is 0.252. The molecular formula is C19H28N6O3. The third-order valence-corrected chi connectivity index (χ3v) is 4.22. The molecule has 6 N–H and O–H groups in total. The molecular weight excluding hydrogens is 360 g/mol. The third kappa shape index (κ3) is 7.06. The fraction of sp³-hybridized carbons (Fsp3) is 0.526. The molecule has 2 aromatic heterocycles. The largest absolute Gasteiger partial charge is 0.369 e. The van der Waals surface area contributed by atoms with Gasteiger partial charge in [0.25, 0.3) is 5.56 Å². The number of carbonyl (C=O) groups is 1. The van der Waals surface area contributed by atoms with Crippen LogP contribution in [0.5, 0.6) is 0 Å². The van der Waals surface area contributed by atoms with Crippen molar-refractivity contribution in [3.63, 3.8) is 0 Å². The molecule has 0 atom stereocenters. The Morgan fingerprint density at radius 1 is 1.29 bits per heavy atom. The highest BCUT2D eigenvalue weighted by atomic mass is 16.5. The van der Waals surface area contributed by atoms with E-state index in [1.807, 2.05) is 0 Å². The smallest absolute Gasteiger partial charge is 0.262 e. The molecule has 2 rings (SSSR count). The van der Waals surface area contributed by atoms with Crippen molar-refractivity contribution < 1.29 is 9.53 Å². The van der Waals surface area contributed by atoms with Crippen LogP contribution in [-0.4, -0.2) is 47.2 Å². The van der Waals surface area contributed by atoms with Crippen LogP contribution in [0.1, 0.15) is 37.7 Å². The minimum atomic E-state index is -0.231. The maximum Gasteiger partial charge on any atom is 0.262 e. The predicted molar refractivity (Wildman–Crippen MR) is 109 cm³/mol. The number of ether oxygens (including phenoxy) is 1. The van der Waals surface area contributed by atoms with E-state index in [0.29, 0.717) is 37.2 Å². The summed E-state index contributed by atoms with van der Waals surface area (Å²) in [4.78, 5) is 33.1. The second-order valence-electron chi connectivity index (χ2n) is 6.44. The lowest BCUT2D eigenvalue weighted by Gasteiger charge is -2.06. The van der Waals surface area contributed by atoms with Gasteiger partial charge in [0, 0.05) is 19.3 Å².